The summed E-state index contributed by atoms with van der Waals surface area (Å²) in [7, 11) is -1.53. The number of rotatable bonds is 5. The van der Waals surface area contributed by atoms with Gasteiger partial charge in [-0.15, -0.1) is 0 Å². The molecule has 0 aliphatic heterocycles. The first-order chi connectivity index (χ1) is 9.86. The van der Waals surface area contributed by atoms with Crippen LogP contribution in [-0.4, -0.2) is 39.0 Å². The molecule has 0 amide bonds. The highest BCUT2D eigenvalue weighted by molar-refractivity contribution is 7.92. The number of nitrogens with two attached hydrogens (primary N) is 1. The molecule has 0 aromatic heterocycles. The Labute approximate surface area is 125 Å². The van der Waals surface area contributed by atoms with Crippen LogP contribution in [0, 0.1) is 0 Å². The molecule has 0 bridgehead atoms. The van der Waals surface area contributed by atoms with Crippen LogP contribution in [-0.2, 0) is 9.84 Å². The molecule has 1 aromatic carbocycles. The Hall–Kier alpha value is -1.76. The first-order valence-electron chi connectivity index (χ1n) is 6.77. The first-order valence-corrected chi connectivity index (χ1v) is 8.66. The van der Waals surface area contributed by atoms with Crippen LogP contribution in [0.3, 0.4) is 0 Å². The van der Waals surface area contributed by atoms with Crippen molar-refractivity contribution in [1.82, 2.24) is 0 Å². The maximum atomic E-state index is 11.8. The van der Waals surface area contributed by atoms with Crippen LogP contribution in [0.2, 0.25) is 0 Å². The second-order valence-electron chi connectivity index (χ2n) is 5.37. The van der Waals surface area contributed by atoms with Gasteiger partial charge in [0, 0.05) is 18.0 Å². The van der Waals surface area contributed by atoms with Crippen LogP contribution >= 0.6 is 0 Å². The van der Waals surface area contributed by atoms with Crippen molar-refractivity contribution in [1.29, 1.82) is 0 Å². The lowest BCUT2D eigenvalue weighted by Crippen LogP contribution is -2.48. The molecular weight excluding hydrogens is 290 g/mol. The van der Waals surface area contributed by atoms with E-state index >= 15 is 0 Å². The lowest BCUT2D eigenvalue weighted by Gasteiger charge is -2.38. The average Bonchev–Trinajstić information content (AvgIpc) is 2.36. The van der Waals surface area contributed by atoms with Gasteiger partial charge in [-0.1, -0.05) is 12.5 Å². The lowest BCUT2D eigenvalue weighted by molar-refractivity contribution is 0.347. The predicted molar refractivity (Wildman–Crippen MR) is 84.5 cm³/mol. The molecule has 1 aliphatic carbocycles. The zero-order chi connectivity index (χ0) is 15.5. The van der Waals surface area contributed by atoms with Crippen molar-refractivity contribution in [2.24, 2.45) is 10.7 Å². The van der Waals surface area contributed by atoms with E-state index in [1.165, 1.54) is 6.26 Å². The largest absolute Gasteiger partial charge is 0.497 e. The summed E-state index contributed by atoms with van der Waals surface area (Å²) >= 11 is 0. The number of anilines is 1. The molecule has 3 N–H and O–H groups in total. The van der Waals surface area contributed by atoms with Gasteiger partial charge in [-0.25, -0.2) is 8.42 Å². The Morgan fingerprint density at radius 1 is 1.48 bits per heavy atom. The minimum absolute atomic E-state index is 0.203. The van der Waals surface area contributed by atoms with Crippen molar-refractivity contribution in [3.63, 3.8) is 0 Å². The first kappa shape index (κ1) is 15.6. The molecule has 1 saturated carbocycles. The molecule has 0 heterocycles. The number of nitrogens with one attached hydrogen (secondary N) is 1. The van der Waals surface area contributed by atoms with Crippen molar-refractivity contribution >= 4 is 21.5 Å². The Balaban J connectivity index is 2.04. The van der Waals surface area contributed by atoms with E-state index in [0.717, 1.165) is 12.1 Å². The van der Waals surface area contributed by atoms with Crippen LogP contribution in [0.1, 0.15) is 19.3 Å². The van der Waals surface area contributed by atoms with E-state index in [1.807, 2.05) is 18.2 Å². The summed E-state index contributed by atoms with van der Waals surface area (Å²) in [5, 5.41) is 2.94. The average molecular weight is 311 g/mol. The number of hydrogen-bond acceptors (Lipinski definition) is 4. The molecule has 0 saturated heterocycles. The highest BCUT2D eigenvalue weighted by Gasteiger charge is 2.46. The second-order valence-corrected chi connectivity index (χ2v) is 7.78. The van der Waals surface area contributed by atoms with Crippen LogP contribution in [0.4, 0.5) is 5.69 Å². The van der Waals surface area contributed by atoms with Crippen LogP contribution in [0.15, 0.2) is 29.3 Å². The molecule has 1 aromatic rings. The van der Waals surface area contributed by atoms with Crippen LogP contribution in [0.5, 0.6) is 5.75 Å². The van der Waals surface area contributed by atoms with Gasteiger partial charge in [-0.2, -0.15) is 0 Å². The van der Waals surface area contributed by atoms with Gasteiger partial charge in [-0.05, 0) is 25.0 Å². The van der Waals surface area contributed by atoms with Gasteiger partial charge in [-0.3, -0.25) is 4.99 Å². The fraction of sp³-hybridized carbons (Fsp3) is 0.500. The molecule has 2 rings (SSSR count). The third kappa shape index (κ3) is 3.47. The summed E-state index contributed by atoms with van der Waals surface area (Å²) in [6, 6.07) is 7.28. The smallest absolute Gasteiger partial charge is 0.193 e. The predicted octanol–water partition coefficient (Wildman–Crippen LogP) is 1.39. The number of ether oxygens (including phenoxy) is 1. The van der Waals surface area contributed by atoms with Crippen molar-refractivity contribution in [3.8, 4) is 5.75 Å². The third-order valence-electron chi connectivity index (χ3n) is 3.93. The van der Waals surface area contributed by atoms with E-state index in [1.54, 1.807) is 13.2 Å². The molecule has 0 atom stereocenters. The minimum Gasteiger partial charge on any atom is -0.497 e. The van der Waals surface area contributed by atoms with E-state index in [2.05, 4.69) is 10.3 Å². The number of methoxy groups -OCH3 is 1. The van der Waals surface area contributed by atoms with Gasteiger partial charge in [0.1, 0.15) is 5.75 Å². The topological polar surface area (TPSA) is 93.8 Å². The monoisotopic (exact) mass is 311 g/mol. The summed E-state index contributed by atoms with van der Waals surface area (Å²) < 4.78 is 28.1. The van der Waals surface area contributed by atoms with Gasteiger partial charge in [0.25, 0.3) is 0 Å². The molecule has 7 heteroatoms. The van der Waals surface area contributed by atoms with Crippen molar-refractivity contribution in [2.75, 3.05) is 25.2 Å². The fourth-order valence-electron chi connectivity index (χ4n) is 2.33. The van der Waals surface area contributed by atoms with Crippen molar-refractivity contribution < 1.29 is 13.2 Å². The number of aliphatic imine (C=N–C) groups is 1. The van der Waals surface area contributed by atoms with Gasteiger partial charge in [0.05, 0.1) is 18.4 Å². The fourth-order valence-corrected chi connectivity index (χ4v) is 3.66. The molecule has 0 spiro atoms. The zero-order valence-electron chi connectivity index (χ0n) is 12.3. The molecular formula is C14H21N3O3S. The van der Waals surface area contributed by atoms with Crippen LogP contribution < -0.4 is 15.8 Å². The molecule has 6 nitrogen and oxygen atoms in total. The van der Waals surface area contributed by atoms with Gasteiger partial charge in [0.15, 0.2) is 15.8 Å². The number of hydrogen-bond donors (Lipinski definition) is 2. The summed E-state index contributed by atoms with van der Waals surface area (Å²) in [6.07, 6.45) is 3.50. The Bertz CT molecular complexity index is 637. The zero-order valence-corrected chi connectivity index (χ0v) is 13.1. The second kappa shape index (κ2) is 5.93. The highest BCUT2D eigenvalue weighted by atomic mass is 32.2. The van der Waals surface area contributed by atoms with E-state index in [0.29, 0.717) is 18.6 Å². The number of benzene rings is 1. The summed E-state index contributed by atoms with van der Waals surface area (Å²) in [5.41, 5.74) is 6.58. The molecule has 1 fully saturated rings. The van der Waals surface area contributed by atoms with E-state index in [-0.39, 0.29) is 12.5 Å². The SMILES string of the molecule is COc1cccc(NC(N)=NCC2(S(C)(=O)=O)CCC2)c1. The van der Waals surface area contributed by atoms with Crippen molar-refractivity contribution in [3.05, 3.63) is 24.3 Å². The maximum Gasteiger partial charge on any atom is 0.193 e. The normalized spacial score (nSPS) is 17.9. The molecule has 0 radical (unpaired) electrons. The Morgan fingerprint density at radius 3 is 2.71 bits per heavy atom. The number of sulfone groups is 1. The lowest BCUT2D eigenvalue weighted by atomic mass is 9.84. The van der Waals surface area contributed by atoms with Crippen LogP contribution in [0.25, 0.3) is 0 Å². The number of guanidine groups is 1. The van der Waals surface area contributed by atoms with E-state index in [9.17, 15) is 8.42 Å². The summed E-state index contributed by atoms with van der Waals surface area (Å²) in [5.74, 6) is 0.914. The standard InChI is InChI=1S/C14H21N3O3S/c1-20-12-6-3-5-11(9-12)17-13(15)16-10-14(7-4-8-14)21(2,18)19/h3,5-6,9H,4,7-8,10H2,1-2H3,(H3,15,16,17). The summed E-state index contributed by atoms with van der Waals surface area (Å²) in [4.78, 5) is 4.20. The van der Waals surface area contributed by atoms with Crippen molar-refractivity contribution in [2.45, 2.75) is 24.0 Å². The number of nitrogens with zero attached hydrogens (tertiary/aromatic N) is 1. The molecule has 21 heavy (non-hydrogen) atoms. The van der Waals surface area contributed by atoms with Gasteiger partial charge >= 0.3 is 0 Å². The molecule has 1 aliphatic rings. The van der Waals surface area contributed by atoms with Gasteiger partial charge in [0.2, 0.25) is 0 Å². The summed E-state index contributed by atoms with van der Waals surface area (Å²) in [6.45, 7) is 0.203. The Morgan fingerprint density at radius 2 is 2.19 bits per heavy atom. The highest BCUT2D eigenvalue weighted by Crippen LogP contribution is 2.39. The Kier molecular flexibility index (Phi) is 4.41. The van der Waals surface area contributed by atoms with Gasteiger partial charge < -0.3 is 15.8 Å². The molecule has 116 valence electrons. The van der Waals surface area contributed by atoms with E-state index < -0.39 is 14.6 Å². The third-order valence-corrected chi connectivity index (χ3v) is 6.04. The maximum absolute atomic E-state index is 11.8. The minimum atomic E-state index is -3.12. The van der Waals surface area contributed by atoms with E-state index in [4.69, 9.17) is 10.5 Å². The quantitative estimate of drug-likeness (QED) is 0.633. The molecule has 0 unspecified atom stereocenters.